The molecule has 0 saturated carbocycles. The van der Waals surface area contributed by atoms with Crippen molar-refractivity contribution in [1.82, 2.24) is 5.32 Å². The van der Waals surface area contributed by atoms with E-state index in [2.05, 4.69) is 11.9 Å². The predicted molar refractivity (Wildman–Crippen MR) is 60.1 cm³/mol. The van der Waals surface area contributed by atoms with Gasteiger partial charge in [0.25, 0.3) is 0 Å². The van der Waals surface area contributed by atoms with Gasteiger partial charge in [0.2, 0.25) is 5.91 Å². The van der Waals surface area contributed by atoms with Gasteiger partial charge in [-0.1, -0.05) is 6.08 Å². The molecule has 2 N–H and O–H groups in total. The van der Waals surface area contributed by atoms with Gasteiger partial charge in [-0.25, -0.2) is 4.79 Å². The van der Waals surface area contributed by atoms with Crippen LogP contribution in [-0.4, -0.2) is 35.7 Å². The van der Waals surface area contributed by atoms with E-state index < -0.39 is 17.9 Å². The molecule has 0 aliphatic carbocycles. The van der Waals surface area contributed by atoms with Crippen LogP contribution >= 0.6 is 0 Å². The number of aliphatic carboxylic acids is 1. The summed E-state index contributed by atoms with van der Waals surface area (Å²) in [7, 11) is 0. The van der Waals surface area contributed by atoms with Crippen LogP contribution in [0.15, 0.2) is 12.7 Å². The van der Waals surface area contributed by atoms with E-state index in [1.165, 1.54) is 0 Å². The second kappa shape index (κ2) is 7.87. The molecule has 0 heterocycles. The fraction of sp³-hybridized carbons (Fsp3) is 0.636. The van der Waals surface area contributed by atoms with Crippen LogP contribution in [0.1, 0.15) is 26.7 Å². The summed E-state index contributed by atoms with van der Waals surface area (Å²) in [6.07, 6.45) is 2.45. The molecule has 1 amide bonds. The highest BCUT2D eigenvalue weighted by Crippen LogP contribution is 1.98. The van der Waals surface area contributed by atoms with Crippen molar-refractivity contribution in [3.05, 3.63) is 12.7 Å². The van der Waals surface area contributed by atoms with Crippen molar-refractivity contribution < 1.29 is 19.4 Å². The molecule has 0 aliphatic heterocycles. The summed E-state index contributed by atoms with van der Waals surface area (Å²) in [6, 6.07) is -0.874. The maximum atomic E-state index is 11.3. The highest BCUT2D eigenvalue weighted by Gasteiger charge is 2.18. The number of hydrogen-bond donors (Lipinski definition) is 2. The Hall–Kier alpha value is -1.36. The lowest BCUT2D eigenvalue weighted by Crippen LogP contribution is -2.42. The highest BCUT2D eigenvalue weighted by atomic mass is 16.5. The molecule has 16 heavy (non-hydrogen) atoms. The molecule has 0 aromatic carbocycles. The molecular formula is C11H19NO4. The fourth-order valence-electron chi connectivity index (χ4n) is 1.02. The Labute approximate surface area is 95.5 Å². The summed E-state index contributed by atoms with van der Waals surface area (Å²) in [5.41, 5.74) is 0. The molecule has 0 spiro atoms. The molecule has 1 atom stereocenters. The van der Waals surface area contributed by atoms with Gasteiger partial charge in [-0.05, 0) is 26.7 Å². The Morgan fingerprint density at radius 2 is 2.12 bits per heavy atom. The van der Waals surface area contributed by atoms with Crippen LogP contribution in [0.5, 0.6) is 0 Å². The first-order valence-corrected chi connectivity index (χ1v) is 5.22. The molecule has 0 saturated heterocycles. The quantitative estimate of drug-likeness (QED) is 0.607. The van der Waals surface area contributed by atoms with E-state index in [0.717, 1.165) is 0 Å². The van der Waals surface area contributed by atoms with Crippen molar-refractivity contribution in [2.45, 2.75) is 38.8 Å². The lowest BCUT2D eigenvalue weighted by atomic mass is 10.1. The van der Waals surface area contributed by atoms with Crippen LogP contribution in [0.4, 0.5) is 0 Å². The third-order valence-corrected chi connectivity index (χ3v) is 1.84. The first kappa shape index (κ1) is 14.6. The first-order valence-electron chi connectivity index (χ1n) is 5.22. The van der Waals surface area contributed by atoms with Gasteiger partial charge in [-0.2, -0.15) is 0 Å². The van der Waals surface area contributed by atoms with Crippen LogP contribution in [-0.2, 0) is 14.3 Å². The van der Waals surface area contributed by atoms with E-state index in [4.69, 9.17) is 9.84 Å². The van der Waals surface area contributed by atoms with Gasteiger partial charge >= 0.3 is 5.97 Å². The number of carboxylic acid groups (broad SMARTS) is 1. The number of carbonyl (C=O) groups is 2. The van der Waals surface area contributed by atoms with Gasteiger partial charge in [0, 0.05) is 0 Å². The third kappa shape index (κ3) is 7.00. The first-order chi connectivity index (χ1) is 7.47. The second-order valence-corrected chi connectivity index (χ2v) is 3.68. The van der Waals surface area contributed by atoms with Crippen LogP contribution in [0.2, 0.25) is 0 Å². The van der Waals surface area contributed by atoms with Crippen molar-refractivity contribution in [3.8, 4) is 0 Å². The number of allylic oxidation sites excluding steroid dienone is 1. The zero-order valence-corrected chi connectivity index (χ0v) is 9.73. The molecule has 0 aromatic rings. The van der Waals surface area contributed by atoms with E-state index in [9.17, 15) is 9.59 Å². The molecule has 0 bridgehead atoms. The molecule has 5 nitrogen and oxygen atoms in total. The molecule has 0 aliphatic rings. The average molecular weight is 229 g/mol. The number of ether oxygens (including phenoxy) is 1. The van der Waals surface area contributed by atoms with Crippen molar-refractivity contribution in [1.29, 1.82) is 0 Å². The van der Waals surface area contributed by atoms with Gasteiger partial charge in [-0.15, -0.1) is 6.58 Å². The lowest BCUT2D eigenvalue weighted by Gasteiger charge is -2.14. The molecule has 0 rings (SSSR count). The maximum absolute atomic E-state index is 11.3. The number of amides is 1. The van der Waals surface area contributed by atoms with Crippen molar-refractivity contribution in [3.63, 3.8) is 0 Å². The van der Waals surface area contributed by atoms with E-state index in [1.807, 2.05) is 0 Å². The van der Waals surface area contributed by atoms with E-state index in [0.29, 0.717) is 12.8 Å². The normalized spacial score (nSPS) is 12.2. The van der Waals surface area contributed by atoms with E-state index in [-0.39, 0.29) is 12.7 Å². The summed E-state index contributed by atoms with van der Waals surface area (Å²) in [4.78, 5) is 22.1. The Morgan fingerprint density at radius 1 is 1.50 bits per heavy atom. The van der Waals surface area contributed by atoms with Crippen molar-refractivity contribution >= 4 is 11.9 Å². The molecule has 0 radical (unpaired) electrons. The van der Waals surface area contributed by atoms with Crippen LogP contribution in [0.25, 0.3) is 0 Å². The number of rotatable bonds is 8. The van der Waals surface area contributed by atoms with Crippen LogP contribution in [0, 0.1) is 0 Å². The summed E-state index contributed by atoms with van der Waals surface area (Å²) < 4.78 is 5.06. The average Bonchev–Trinajstić information content (AvgIpc) is 2.20. The number of carboxylic acids is 1. The predicted octanol–water partition coefficient (Wildman–Crippen LogP) is 0.947. The molecule has 1 unspecified atom stereocenters. The Morgan fingerprint density at radius 3 is 2.56 bits per heavy atom. The van der Waals surface area contributed by atoms with Gasteiger partial charge in [0.1, 0.15) is 12.6 Å². The Bertz CT molecular complexity index is 250. The highest BCUT2D eigenvalue weighted by molar-refractivity contribution is 5.84. The standard InChI is InChI=1S/C11H19NO4/c1-4-5-6-9(11(14)15)12-10(13)7-16-8(2)3/h4,8-9H,1,5-7H2,2-3H3,(H,12,13)(H,14,15). The third-order valence-electron chi connectivity index (χ3n) is 1.84. The monoisotopic (exact) mass is 229 g/mol. The van der Waals surface area contributed by atoms with Gasteiger partial charge in [0.15, 0.2) is 0 Å². The largest absolute Gasteiger partial charge is 0.480 e. The maximum Gasteiger partial charge on any atom is 0.326 e. The smallest absolute Gasteiger partial charge is 0.326 e. The number of hydrogen-bond acceptors (Lipinski definition) is 3. The number of carbonyl (C=O) groups excluding carboxylic acids is 1. The summed E-state index contributed by atoms with van der Waals surface area (Å²) in [5, 5.41) is 11.2. The summed E-state index contributed by atoms with van der Waals surface area (Å²) in [6.45, 7) is 7.00. The van der Waals surface area contributed by atoms with E-state index in [1.54, 1.807) is 19.9 Å². The van der Waals surface area contributed by atoms with Gasteiger partial charge in [0.05, 0.1) is 6.10 Å². The van der Waals surface area contributed by atoms with Crippen LogP contribution < -0.4 is 5.32 Å². The zero-order chi connectivity index (χ0) is 12.6. The zero-order valence-electron chi connectivity index (χ0n) is 9.73. The molecule has 5 heteroatoms. The Kier molecular flexibility index (Phi) is 7.20. The fourth-order valence-corrected chi connectivity index (χ4v) is 1.02. The van der Waals surface area contributed by atoms with E-state index >= 15 is 0 Å². The Balaban J connectivity index is 4.02. The SMILES string of the molecule is C=CCCC(NC(=O)COC(C)C)C(=O)O. The second-order valence-electron chi connectivity index (χ2n) is 3.68. The minimum absolute atomic E-state index is 0.0535. The molecular weight excluding hydrogens is 210 g/mol. The van der Waals surface area contributed by atoms with Crippen molar-refractivity contribution in [2.24, 2.45) is 0 Å². The molecule has 0 fully saturated rings. The van der Waals surface area contributed by atoms with Crippen molar-refractivity contribution in [2.75, 3.05) is 6.61 Å². The summed E-state index contributed by atoms with van der Waals surface area (Å²) >= 11 is 0. The minimum atomic E-state index is -1.04. The van der Waals surface area contributed by atoms with Gasteiger partial charge < -0.3 is 15.2 Å². The lowest BCUT2D eigenvalue weighted by molar-refractivity contribution is -0.143. The summed E-state index contributed by atoms with van der Waals surface area (Å²) in [5.74, 6) is -1.45. The number of nitrogens with one attached hydrogen (secondary N) is 1. The topological polar surface area (TPSA) is 75.6 Å². The molecule has 92 valence electrons. The molecule has 0 aromatic heterocycles. The van der Waals surface area contributed by atoms with Gasteiger partial charge in [-0.3, -0.25) is 4.79 Å². The van der Waals surface area contributed by atoms with Crippen LogP contribution in [0.3, 0.4) is 0 Å². The minimum Gasteiger partial charge on any atom is -0.480 e.